The number of hydrogen-bond acceptors (Lipinski definition) is 2. The van der Waals surface area contributed by atoms with E-state index >= 15 is 0 Å². The van der Waals surface area contributed by atoms with E-state index in [0.29, 0.717) is 0 Å². The van der Waals surface area contributed by atoms with Crippen LogP contribution in [0.4, 0.5) is 4.39 Å². The molecular weight excluding hydrogens is 151 g/mol. The van der Waals surface area contributed by atoms with E-state index in [1.54, 1.807) is 0 Å². The number of rotatable bonds is 2. The molecule has 0 amide bonds. The second-order valence-electron chi connectivity index (χ2n) is 3.32. The lowest BCUT2D eigenvalue weighted by atomic mass is 9.88. The molecule has 0 bridgehead atoms. The van der Waals surface area contributed by atoms with Crippen molar-refractivity contribution in [2.24, 2.45) is 5.41 Å². The molecule has 0 unspecified atom stereocenters. The van der Waals surface area contributed by atoms with Crippen LogP contribution in [0.5, 0.6) is 0 Å². The van der Waals surface area contributed by atoms with Crippen molar-refractivity contribution in [1.82, 2.24) is 0 Å². The van der Waals surface area contributed by atoms with Gasteiger partial charge in [-0.3, -0.25) is 4.79 Å². The summed E-state index contributed by atoms with van der Waals surface area (Å²) in [6.07, 6.45) is -2.39. The topological polar surface area (TPSA) is 54.4 Å². The molecule has 1 atom stereocenters. The predicted molar refractivity (Wildman–Crippen MR) is 37.0 cm³/mol. The molecule has 64 valence electrons. The molecule has 1 N–H and O–H groups in total. The lowest BCUT2D eigenvalue weighted by Crippen LogP contribution is -2.34. The molecule has 11 heavy (non-hydrogen) atoms. The van der Waals surface area contributed by atoms with Gasteiger partial charge in [0.1, 0.15) is 0 Å². The maximum absolute atomic E-state index is 12.5. The Morgan fingerprint density at radius 1 is 1.36 bits per heavy atom. The minimum atomic E-state index is -2.39. The van der Waals surface area contributed by atoms with Crippen LogP contribution in [0.15, 0.2) is 0 Å². The summed E-state index contributed by atoms with van der Waals surface area (Å²) in [4.78, 5) is 20.8. The minimum Gasteiger partial charge on any atom is -0.479 e. The lowest BCUT2D eigenvalue weighted by molar-refractivity contribution is -0.150. The molecule has 0 aromatic heterocycles. The fraction of sp³-hybridized carbons (Fsp3) is 0.714. The highest BCUT2D eigenvalue weighted by Crippen LogP contribution is 2.18. The monoisotopic (exact) mass is 162 g/mol. The Labute approximate surface area is 64.2 Å². The van der Waals surface area contributed by atoms with E-state index in [2.05, 4.69) is 0 Å². The highest BCUT2D eigenvalue weighted by Gasteiger charge is 2.34. The molecule has 0 aliphatic rings. The highest BCUT2D eigenvalue weighted by molar-refractivity contribution is 6.03. The van der Waals surface area contributed by atoms with Gasteiger partial charge in [0, 0.05) is 5.41 Å². The van der Waals surface area contributed by atoms with E-state index < -0.39 is 23.3 Å². The van der Waals surface area contributed by atoms with Gasteiger partial charge in [-0.25, -0.2) is 9.18 Å². The van der Waals surface area contributed by atoms with Crippen molar-refractivity contribution in [1.29, 1.82) is 0 Å². The van der Waals surface area contributed by atoms with E-state index in [1.807, 2.05) is 0 Å². The standard InChI is InChI=1S/C7H11FO3/c1-7(2,3)5(9)4(8)6(10)11/h4H,1-3H3,(H,10,11)/t4-/m0/s1. The van der Waals surface area contributed by atoms with Gasteiger partial charge in [-0.05, 0) is 0 Å². The summed E-state index contributed by atoms with van der Waals surface area (Å²) in [5, 5.41) is 8.12. The van der Waals surface area contributed by atoms with Crippen LogP contribution in [0.25, 0.3) is 0 Å². The molecule has 0 fully saturated rings. The number of hydrogen-bond donors (Lipinski definition) is 1. The molecular formula is C7H11FO3. The third-order valence-electron chi connectivity index (χ3n) is 1.19. The van der Waals surface area contributed by atoms with Gasteiger partial charge < -0.3 is 5.11 Å². The van der Waals surface area contributed by atoms with Gasteiger partial charge in [-0.1, -0.05) is 20.8 Å². The number of ketones is 1. The quantitative estimate of drug-likeness (QED) is 0.617. The number of Topliss-reactive ketones (excluding diaryl/α,β-unsaturated/α-hetero) is 1. The van der Waals surface area contributed by atoms with Crippen molar-refractivity contribution < 1.29 is 19.1 Å². The Bertz CT molecular complexity index is 181. The molecule has 4 heteroatoms. The van der Waals surface area contributed by atoms with E-state index in [0.717, 1.165) is 0 Å². The fourth-order valence-corrected chi connectivity index (χ4v) is 0.492. The zero-order valence-electron chi connectivity index (χ0n) is 6.72. The summed E-state index contributed by atoms with van der Waals surface area (Å²) in [5.74, 6) is -2.62. The van der Waals surface area contributed by atoms with Crippen molar-refractivity contribution >= 4 is 11.8 Å². The summed E-state index contributed by atoms with van der Waals surface area (Å²) in [7, 11) is 0. The number of alkyl halides is 1. The van der Waals surface area contributed by atoms with Crippen LogP contribution in [-0.2, 0) is 9.59 Å². The maximum Gasteiger partial charge on any atom is 0.346 e. The molecule has 0 aromatic carbocycles. The average molecular weight is 162 g/mol. The number of halogens is 1. The molecule has 0 saturated heterocycles. The van der Waals surface area contributed by atoms with Crippen LogP contribution in [0.1, 0.15) is 20.8 Å². The van der Waals surface area contributed by atoms with E-state index in [9.17, 15) is 14.0 Å². The first-order valence-corrected chi connectivity index (χ1v) is 3.18. The number of aliphatic carboxylic acids is 1. The maximum atomic E-state index is 12.5. The van der Waals surface area contributed by atoms with Crippen LogP contribution in [0, 0.1) is 5.41 Å². The Morgan fingerprint density at radius 3 is 1.82 bits per heavy atom. The van der Waals surface area contributed by atoms with E-state index in [4.69, 9.17) is 5.11 Å². The Balaban J connectivity index is 4.39. The fourth-order valence-electron chi connectivity index (χ4n) is 0.492. The molecule has 0 aliphatic heterocycles. The first-order valence-electron chi connectivity index (χ1n) is 3.18. The van der Waals surface area contributed by atoms with Gasteiger partial charge in [-0.15, -0.1) is 0 Å². The van der Waals surface area contributed by atoms with Crippen molar-refractivity contribution in [3.05, 3.63) is 0 Å². The lowest BCUT2D eigenvalue weighted by Gasteiger charge is -2.16. The normalized spacial score (nSPS) is 14.2. The van der Waals surface area contributed by atoms with E-state index in [-0.39, 0.29) is 0 Å². The Morgan fingerprint density at radius 2 is 1.73 bits per heavy atom. The first-order chi connectivity index (χ1) is 4.76. The highest BCUT2D eigenvalue weighted by atomic mass is 19.1. The van der Waals surface area contributed by atoms with Crippen molar-refractivity contribution in [3.8, 4) is 0 Å². The van der Waals surface area contributed by atoms with Crippen LogP contribution in [0.2, 0.25) is 0 Å². The largest absolute Gasteiger partial charge is 0.479 e. The third kappa shape index (κ3) is 2.65. The Kier molecular flexibility index (Phi) is 2.73. The number of carbonyl (C=O) groups excluding carboxylic acids is 1. The number of carboxylic acid groups (broad SMARTS) is 1. The van der Waals surface area contributed by atoms with Gasteiger partial charge in [0.2, 0.25) is 0 Å². The molecule has 0 rings (SSSR count). The van der Waals surface area contributed by atoms with Crippen LogP contribution in [-0.4, -0.2) is 23.0 Å². The van der Waals surface area contributed by atoms with E-state index in [1.165, 1.54) is 20.8 Å². The molecule has 3 nitrogen and oxygen atoms in total. The van der Waals surface area contributed by atoms with Crippen molar-refractivity contribution in [2.75, 3.05) is 0 Å². The molecule has 0 saturated carbocycles. The van der Waals surface area contributed by atoms with Gasteiger partial charge in [-0.2, -0.15) is 0 Å². The second kappa shape index (κ2) is 2.98. The molecule has 0 aliphatic carbocycles. The molecule has 0 heterocycles. The van der Waals surface area contributed by atoms with Gasteiger partial charge >= 0.3 is 5.97 Å². The second-order valence-corrected chi connectivity index (χ2v) is 3.32. The molecule has 0 aromatic rings. The van der Waals surface area contributed by atoms with Gasteiger partial charge in [0.15, 0.2) is 5.78 Å². The smallest absolute Gasteiger partial charge is 0.346 e. The van der Waals surface area contributed by atoms with Gasteiger partial charge in [0.05, 0.1) is 0 Å². The summed E-state index contributed by atoms with van der Waals surface area (Å²) in [6.45, 7) is 4.43. The zero-order valence-corrected chi connectivity index (χ0v) is 6.72. The van der Waals surface area contributed by atoms with Crippen LogP contribution < -0.4 is 0 Å². The third-order valence-corrected chi connectivity index (χ3v) is 1.19. The SMILES string of the molecule is CC(C)(C)C(=O)[C@H](F)C(=O)O. The molecule has 0 radical (unpaired) electrons. The summed E-state index contributed by atoms with van der Waals surface area (Å²) >= 11 is 0. The summed E-state index contributed by atoms with van der Waals surface area (Å²) in [5.41, 5.74) is -0.933. The van der Waals surface area contributed by atoms with Crippen molar-refractivity contribution in [3.63, 3.8) is 0 Å². The average Bonchev–Trinajstić information content (AvgIpc) is 1.82. The van der Waals surface area contributed by atoms with Gasteiger partial charge in [0.25, 0.3) is 6.17 Å². The van der Waals surface area contributed by atoms with Crippen molar-refractivity contribution in [2.45, 2.75) is 26.9 Å². The van der Waals surface area contributed by atoms with Crippen LogP contribution >= 0.6 is 0 Å². The summed E-state index contributed by atoms with van der Waals surface area (Å²) in [6, 6.07) is 0. The Hall–Kier alpha value is -0.930. The molecule has 0 spiro atoms. The number of carboxylic acids is 1. The predicted octanol–water partition coefficient (Wildman–Crippen LogP) is 1.02. The summed E-state index contributed by atoms with van der Waals surface area (Å²) < 4.78 is 12.5. The minimum absolute atomic E-state index is 0.898. The van der Waals surface area contributed by atoms with Crippen LogP contribution in [0.3, 0.4) is 0 Å². The zero-order chi connectivity index (χ0) is 9.23. The number of carbonyl (C=O) groups is 2. The first kappa shape index (κ1) is 10.1.